The van der Waals surface area contributed by atoms with Crippen LogP contribution in [0.25, 0.3) is 10.8 Å². The number of rotatable bonds is 7. The highest BCUT2D eigenvalue weighted by atomic mass is 16.1. The number of carbonyl (C=O) groups excluding carboxylic acids is 1. The molecule has 2 rings (SSSR count). The van der Waals surface area contributed by atoms with Crippen LogP contribution in [0.1, 0.15) is 67.4 Å². The van der Waals surface area contributed by atoms with Gasteiger partial charge in [-0.3, -0.25) is 4.79 Å². The number of amides is 1. The van der Waals surface area contributed by atoms with Crippen LogP contribution in [0.5, 0.6) is 0 Å². The maximum atomic E-state index is 12.3. The van der Waals surface area contributed by atoms with Crippen molar-refractivity contribution < 1.29 is 4.79 Å². The number of fused-ring (bicyclic) bond motifs is 1. The Morgan fingerprint density at radius 1 is 1.26 bits per heavy atom. The maximum absolute atomic E-state index is 12.3. The number of hydrogen-bond donors (Lipinski definition) is 1. The largest absolute Gasteiger partial charge is 0.366 e. The molecule has 0 fully saturated rings. The lowest BCUT2D eigenvalue weighted by Gasteiger charge is -2.23. The van der Waals surface area contributed by atoms with Crippen molar-refractivity contribution in [2.24, 2.45) is 5.73 Å². The monoisotopic (exact) mass is 309 g/mol. The fourth-order valence-electron chi connectivity index (χ4n) is 3.46. The summed E-state index contributed by atoms with van der Waals surface area (Å²) in [6, 6.07) is 10.3. The number of nitrogens with two attached hydrogens (primary N) is 1. The summed E-state index contributed by atoms with van der Waals surface area (Å²) in [7, 11) is 0. The predicted octanol–water partition coefficient (Wildman–Crippen LogP) is 5.35. The Balaban J connectivity index is 2.67. The molecule has 2 nitrogen and oxygen atoms in total. The van der Waals surface area contributed by atoms with Crippen molar-refractivity contribution in [2.45, 2.75) is 52.4 Å². The molecule has 0 aliphatic rings. The third kappa shape index (κ3) is 3.64. The average Bonchev–Trinajstić information content (AvgIpc) is 2.57. The smallest absolute Gasteiger partial charge is 0.249 e. The Labute approximate surface area is 139 Å². The van der Waals surface area contributed by atoms with Crippen LogP contribution in [0.2, 0.25) is 0 Å². The molecule has 1 amide bonds. The maximum Gasteiger partial charge on any atom is 0.249 e. The van der Waals surface area contributed by atoms with Gasteiger partial charge in [0, 0.05) is 0 Å². The fourth-order valence-corrected chi connectivity index (χ4v) is 3.46. The van der Waals surface area contributed by atoms with Gasteiger partial charge in [-0.1, -0.05) is 56.3 Å². The number of carbonyl (C=O) groups is 1. The molecule has 0 saturated carbocycles. The minimum Gasteiger partial charge on any atom is -0.366 e. The molecule has 0 aliphatic carbocycles. The molecule has 0 heterocycles. The van der Waals surface area contributed by atoms with Gasteiger partial charge in [0.1, 0.15) is 0 Å². The summed E-state index contributed by atoms with van der Waals surface area (Å²) in [6.07, 6.45) is 8.29. The summed E-state index contributed by atoms with van der Waals surface area (Å²) in [5.74, 6) is 0.0595. The summed E-state index contributed by atoms with van der Waals surface area (Å²) in [4.78, 5) is 12.3. The van der Waals surface area contributed by atoms with Gasteiger partial charge < -0.3 is 5.73 Å². The summed E-state index contributed by atoms with van der Waals surface area (Å²) in [5, 5.41) is 2.09. The van der Waals surface area contributed by atoms with Crippen LogP contribution in [-0.4, -0.2) is 5.91 Å². The summed E-state index contributed by atoms with van der Waals surface area (Å²) >= 11 is 0. The normalized spacial score (nSPS) is 12.8. The van der Waals surface area contributed by atoms with E-state index in [1.165, 1.54) is 11.1 Å². The first-order chi connectivity index (χ1) is 11.1. The lowest BCUT2D eigenvalue weighted by molar-refractivity contribution is 0.100. The molecule has 0 radical (unpaired) electrons. The van der Waals surface area contributed by atoms with Gasteiger partial charge in [0.2, 0.25) is 5.91 Å². The SMILES string of the molecule is C/C=C/CCC(CC)c1c(CC)cc2ccccc2c1C(N)=O. The van der Waals surface area contributed by atoms with E-state index in [1.807, 2.05) is 25.1 Å². The van der Waals surface area contributed by atoms with E-state index >= 15 is 0 Å². The number of benzene rings is 2. The molecule has 122 valence electrons. The molecule has 0 saturated heterocycles. The number of primary amides is 1. The van der Waals surface area contributed by atoms with Crippen LogP contribution >= 0.6 is 0 Å². The molecule has 0 aromatic heterocycles. The van der Waals surface area contributed by atoms with Crippen molar-refractivity contribution in [3.05, 3.63) is 59.2 Å². The molecule has 2 N–H and O–H groups in total. The van der Waals surface area contributed by atoms with Crippen molar-refractivity contribution in [3.8, 4) is 0 Å². The fraction of sp³-hybridized carbons (Fsp3) is 0.381. The predicted molar refractivity (Wildman–Crippen MR) is 98.9 cm³/mol. The zero-order valence-electron chi connectivity index (χ0n) is 14.4. The average molecular weight is 309 g/mol. The Hall–Kier alpha value is -2.09. The minimum atomic E-state index is -0.309. The van der Waals surface area contributed by atoms with Gasteiger partial charge in [-0.2, -0.15) is 0 Å². The summed E-state index contributed by atoms with van der Waals surface area (Å²) in [5.41, 5.74) is 8.95. The van der Waals surface area contributed by atoms with E-state index in [4.69, 9.17) is 5.73 Å². The Morgan fingerprint density at radius 3 is 2.61 bits per heavy atom. The highest BCUT2D eigenvalue weighted by molar-refractivity contribution is 6.08. The van der Waals surface area contributed by atoms with Crippen LogP contribution in [0, 0.1) is 0 Å². The van der Waals surface area contributed by atoms with Gasteiger partial charge in [-0.05, 0) is 60.4 Å². The molecule has 2 heteroatoms. The van der Waals surface area contributed by atoms with E-state index in [0.29, 0.717) is 5.92 Å². The molecule has 2 aromatic rings. The molecule has 1 unspecified atom stereocenters. The molecule has 0 bridgehead atoms. The second-order valence-electron chi connectivity index (χ2n) is 6.01. The van der Waals surface area contributed by atoms with Crippen molar-refractivity contribution in [1.82, 2.24) is 0 Å². The second-order valence-corrected chi connectivity index (χ2v) is 6.01. The quantitative estimate of drug-likeness (QED) is 0.688. The van der Waals surface area contributed by atoms with Crippen molar-refractivity contribution in [3.63, 3.8) is 0 Å². The summed E-state index contributed by atoms with van der Waals surface area (Å²) < 4.78 is 0. The van der Waals surface area contributed by atoms with E-state index in [9.17, 15) is 4.79 Å². The van der Waals surface area contributed by atoms with Gasteiger partial charge in [0.05, 0.1) is 5.56 Å². The van der Waals surface area contributed by atoms with E-state index in [2.05, 4.69) is 38.1 Å². The zero-order chi connectivity index (χ0) is 16.8. The molecule has 2 aromatic carbocycles. The van der Waals surface area contributed by atoms with Gasteiger partial charge in [0.25, 0.3) is 0 Å². The third-order valence-corrected chi connectivity index (χ3v) is 4.62. The van der Waals surface area contributed by atoms with Crippen LogP contribution in [0.15, 0.2) is 42.5 Å². The first-order valence-corrected chi connectivity index (χ1v) is 8.59. The Morgan fingerprint density at radius 2 is 2.00 bits per heavy atom. The number of aryl methyl sites for hydroxylation is 1. The topological polar surface area (TPSA) is 43.1 Å². The lowest BCUT2D eigenvalue weighted by atomic mass is 9.81. The zero-order valence-corrected chi connectivity index (χ0v) is 14.4. The lowest BCUT2D eigenvalue weighted by Crippen LogP contribution is -2.18. The third-order valence-electron chi connectivity index (χ3n) is 4.62. The van der Waals surface area contributed by atoms with Gasteiger partial charge in [-0.15, -0.1) is 0 Å². The molecule has 0 spiro atoms. The molecule has 23 heavy (non-hydrogen) atoms. The van der Waals surface area contributed by atoms with E-state index in [1.54, 1.807) is 0 Å². The van der Waals surface area contributed by atoms with Crippen molar-refractivity contribution in [2.75, 3.05) is 0 Å². The second kappa shape index (κ2) is 7.96. The number of allylic oxidation sites excluding steroid dienone is 2. The molecule has 1 atom stereocenters. The minimum absolute atomic E-state index is 0.309. The summed E-state index contributed by atoms with van der Waals surface area (Å²) in [6.45, 7) is 6.39. The highest BCUT2D eigenvalue weighted by Gasteiger charge is 2.22. The molecular weight excluding hydrogens is 282 g/mol. The first kappa shape index (κ1) is 17.3. The highest BCUT2D eigenvalue weighted by Crippen LogP contribution is 2.35. The number of hydrogen-bond acceptors (Lipinski definition) is 1. The van der Waals surface area contributed by atoms with Gasteiger partial charge >= 0.3 is 0 Å². The van der Waals surface area contributed by atoms with E-state index in [-0.39, 0.29) is 5.91 Å². The Bertz CT molecular complexity index is 715. The van der Waals surface area contributed by atoms with E-state index < -0.39 is 0 Å². The van der Waals surface area contributed by atoms with Crippen LogP contribution in [0.3, 0.4) is 0 Å². The first-order valence-electron chi connectivity index (χ1n) is 8.59. The Kier molecular flexibility index (Phi) is 5.97. The molecule has 0 aliphatic heterocycles. The van der Waals surface area contributed by atoms with Crippen LogP contribution in [0.4, 0.5) is 0 Å². The van der Waals surface area contributed by atoms with Crippen molar-refractivity contribution >= 4 is 16.7 Å². The van der Waals surface area contributed by atoms with Crippen molar-refractivity contribution in [1.29, 1.82) is 0 Å². The molecular formula is C21H27NO. The van der Waals surface area contributed by atoms with Gasteiger partial charge in [0.15, 0.2) is 0 Å². The van der Waals surface area contributed by atoms with Gasteiger partial charge in [-0.25, -0.2) is 0 Å². The standard InChI is InChI=1S/C21H27NO/c1-4-7-8-11-15(5-2)19-16(6-3)14-17-12-9-10-13-18(17)20(19)21(22)23/h4,7,9-10,12-15H,5-6,8,11H2,1-3H3,(H2,22,23)/b7-4+. The van der Waals surface area contributed by atoms with Crippen LogP contribution < -0.4 is 5.73 Å². The van der Waals surface area contributed by atoms with Crippen LogP contribution in [-0.2, 0) is 6.42 Å². The van der Waals surface area contributed by atoms with E-state index in [0.717, 1.165) is 42.0 Å².